The minimum Gasteiger partial charge on any atom is -0.396 e. The quantitative estimate of drug-likeness (QED) is 0.865. The average Bonchev–Trinajstić information content (AvgIpc) is 2.73. The van der Waals surface area contributed by atoms with Crippen LogP contribution < -0.4 is 5.32 Å². The van der Waals surface area contributed by atoms with E-state index in [1.165, 1.54) is 28.2 Å². The van der Waals surface area contributed by atoms with Crippen LogP contribution in [0.4, 0.5) is 0 Å². The van der Waals surface area contributed by atoms with E-state index in [2.05, 4.69) is 25.2 Å². The minimum absolute atomic E-state index is 0.275. The molecule has 1 aromatic heterocycles. The van der Waals surface area contributed by atoms with Crippen LogP contribution in [0.15, 0.2) is 6.07 Å². The van der Waals surface area contributed by atoms with Gasteiger partial charge in [-0.3, -0.25) is 0 Å². The van der Waals surface area contributed by atoms with E-state index >= 15 is 0 Å². The highest BCUT2D eigenvalue weighted by molar-refractivity contribution is 7.12. The Labute approximate surface area is 108 Å². The summed E-state index contributed by atoms with van der Waals surface area (Å²) in [6.45, 7) is 5.88. The fraction of sp³-hybridized carbons (Fsp3) is 0.714. The maximum Gasteiger partial charge on any atom is 0.0479 e. The van der Waals surface area contributed by atoms with Gasteiger partial charge in [0.25, 0.3) is 0 Å². The average molecular weight is 253 g/mol. The number of hydrogen-bond acceptors (Lipinski definition) is 3. The van der Waals surface area contributed by atoms with Crippen molar-refractivity contribution in [1.29, 1.82) is 0 Å². The molecule has 2 atom stereocenters. The van der Waals surface area contributed by atoms with Crippen LogP contribution in [0.2, 0.25) is 0 Å². The SMILES string of the molecule is CCc1cc(C2CCN[C@@H](C)C2)c(CCO)s1. The second-order valence-corrected chi connectivity index (χ2v) is 6.22. The summed E-state index contributed by atoms with van der Waals surface area (Å²) in [5, 5.41) is 12.7. The molecular formula is C14H23NOS. The first-order valence-corrected chi connectivity index (χ1v) is 7.52. The van der Waals surface area contributed by atoms with Gasteiger partial charge in [0.05, 0.1) is 0 Å². The Balaban J connectivity index is 2.19. The van der Waals surface area contributed by atoms with Gasteiger partial charge in [-0.05, 0) is 50.3 Å². The molecule has 3 heteroatoms. The van der Waals surface area contributed by atoms with Crippen LogP contribution >= 0.6 is 11.3 Å². The van der Waals surface area contributed by atoms with E-state index in [1.54, 1.807) is 0 Å². The molecule has 0 amide bonds. The van der Waals surface area contributed by atoms with Crippen molar-refractivity contribution in [2.24, 2.45) is 0 Å². The van der Waals surface area contributed by atoms with Crippen LogP contribution in [-0.4, -0.2) is 24.3 Å². The zero-order chi connectivity index (χ0) is 12.3. The fourth-order valence-corrected chi connectivity index (χ4v) is 3.92. The summed E-state index contributed by atoms with van der Waals surface area (Å²) in [4.78, 5) is 2.89. The van der Waals surface area contributed by atoms with E-state index < -0.39 is 0 Å². The molecule has 0 spiro atoms. The molecule has 2 heterocycles. The van der Waals surface area contributed by atoms with Gasteiger partial charge in [0.1, 0.15) is 0 Å². The smallest absolute Gasteiger partial charge is 0.0479 e. The molecule has 0 bridgehead atoms. The summed E-state index contributed by atoms with van der Waals surface area (Å²) in [7, 11) is 0. The predicted octanol–water partition coefficient (Wildman–Crippen LogP) is 2.70. The lowest BCUT2D eigenvalue weighted by Gasteiger charge is -2.28. The molecule has 0 aliphatic carbocycles. The number of aliphatic hydroxyl groups excluding tert-OH is 1. The second-order valence-electron chi connectivity index (χ2n) is 4.99. The summed E-state index contributed by atoms with van der Waals surface area (Å²) in [5.74, 6) is 0.698. The molecule has 0 saturated carbocycles. The Bertz CT molecular complexity index is 361. The Morgan fingerprint density at radius 3 is 3.00 bits per heavy atom. The number of nitrogens with one attached hydrogen (secondary N) is 1. The maximum absolute atomic E-state index is 9.17. The normalized spacial score (nSPS) is 25.1. The number of aliphatic hydroxyl groups is 1. The largest absolute Gasteiger partial charge is 0.396 e. The molecule has 1 aliphatic heterocycles. The van der Waals surface area contributed by atoms with Gasteiger partial charge in [-0.15, -0.1) is 11.3 Å². The van der Waals surface area contributed by atoms with Crippen LogP contribution in [0.5, 0.6) is 0 Å². The van der Waals surface area contributed by atoms with Gasteiger partial charge in [-0.25, -0.2) is 0 Å². The van der Waals surface area contributed by atoms with Crippen LogP contribution in [0.25, 0.3) is 0 Å². The van der Waals surface area contributed by atoms with Crippen LogP contribution in [0.3, 0.4) is 0 Å². The molecule has 1 aliphatic rings. The minimum atomic E-state index is 0.275. The molecule has 1 unspecified atom stereocenters. The monoisotopic (exact) mass is 253 g/mol. The van der Waals surface area contributed by atoms with Gasteiger partial charge in [0, 0.05) is 28.8 Å². The zero-order valence-electron chi connectivity index (χ0n) is 10.8. The molecule has 2 N–H and O–H groups in total. The Morgan fingerprint density at radius 2 is 2.35 bits per heavy atom. The summed E-state index contributed by atoms with van der Waals surface area (Å²) < 4.78 is 0. The van der Waals surface area contributed by atoms with Crippen LogP contribution in [0.1, 0.15) is 47.9 Å². The lowest BCUT2D eigenvalue weighted by molar-refractivity contribution is 0.299. The van der Waals surface area contributed by atoms with Gasteiger partial charge < -0.3 is 10.4 Å². The van der Waals surface area contributed by atoms with Crippen molar-refractivity contribution in [1.82, 2.24) is 5.32 Å². The van der Waals surface area contributed by atoms with Crippen molar-refractivity contribution in [3.63, 3.8) is 0 Å². The highest BCUT2D eigenvalue weighted by Crippen LogP contribution is 2.35. The molecule has 0 radical (unpaired) electrons. The first kappa shape index (κ1) is 13.1. The number of piperidine rings is 1. The fourth-order valence-electron chi connectivity index (χ4n) is 2.73. The van der Waals surface area contributed by atoms with Crippen LogP contribution in [-0.2, 0) is 12.8 Å². The van der Waals surface area contributed by atoms with Gasteiger partial charge in [0.15, 0.2) is 0 Å². The van der Waals surface area contributed by atoms with Gasteiger partial charge in [0.2, 0.25) is 0 Å². The lowest BCUT2D eigenvalue weighted by Crippen LogP contribution is -2.35. The molecular weight excluding hydrogens is 230 g/mol. The van der Waals surface area contributed by atoms with Crippen molar-refractivity contribution < 1.29 is 5.11 Å². The van der Waals surface area contributed by atoms with Crippen molar-refractivity contribution in [3.05, 3.63) is 21.4 Å². The van der Waals surface area contributed by atoms with E-state index in [4.69, 9.17) is 0 Å². The third-order valence-corrected chi connectivity index (χ3v) is 5.00. The topological polar surface area (TPSA) is 32.3 Å². The first-order chi connectivity index (χ1) is 8.24. The number of rotatable bonds is 4. The molecule has 0 aromatic carbocycles. The predicted molar refractivity (Wildman–Crippen MR) is 73.9 cm³/mol. The molecule has 1 fully saturated rings. The van der Waals surface area contributed by atoms with Gasteiger partial charge >= 0.3 is 0 Å². The summed E-state index contributed by atoms with van der Waals surface area (Å²) in [5.41, 5.74) is 1.52. The van der Waals surface area contributed by atoms with Crippen LogP contribution in [0, 0.1) is 0 Å². The third-order valence-electron chi connectivity index (χ3n) is 3.64. The zero-order valence-corrected chi connectivity index (χ0v) is 11.6. The summed E-state index contributed by atoms with van der Waals surface area (Å²) in [6, 6.07) is 3.01. The van der Waals surface area contributed by atoms with Crippen molar-refractivity contribution in [2.45, 2.75) is 51.5 Å². The molecule has 17 heavy (non-hydrogen) atoms. The van der Waals surface area contributed by atoms with Gasteiger partial charge in [-0.2, -0.15) is 0 Å². The van der Waals surface area contributed by atoms with E-state index in [1.807, 2.05) is 11.3 Å². The Kier molecular flexibility index (Phi) is 4.60. The van der Waals surface area contributed by atoms with E-state index in [9.17, 15) is 5.11 Å². The highest BCUT2D eigenvalue weighted by Gasteiger charge is 2.23. The first-order valence-electron chi connectivity index (χ1n) is 6.70. The van der Waals surface area contributed by atoms with Crippen molar-refractivity contribution >= 4 is 11.3 Å². The molecule has 1 aromatic rings. The number of thiophene rings is 1. The molecule has 96 valence electrons. The maximum atomic E-state index is 9.17. The van der Waals surface area contributed by atoms with E-state index in [-0.39, 0.29) is 6.61 Å². The molecule has 2 nitrogen and oxygen atoms in total. The van der Waals surface area contributed by atoms with E-state index in [0.29, 0.717) is 12.0 Å². The third kappa shape index (κ3) is 3.09. The van der Waals surface area contributed by atoms with Crippen molar-refractivity contribution in [3.8, 4) is 0 Å². The highest BCUT2D eigenvalue weighted by atomic mass is 32.1. The molecule has 2 rings (SSSR count). The lowest BCUT2D eigenvalue weighted by atomic mass is 9.86. The molecule has 1 saturated heterocycles. The standard InChI is InChI=1S/C14H23NOS/c1-3-12-9-13(14(17-12)5-7-16)11-4-6-15-10(2)8-11/h9-11,15-16H,3-8H2,1-2H3/t10-,11?/m0/s1. The number of aryl methyl sites for hydroxylation is 1. The summed E-state index contributed by atoms with van der Waals surface area (Å²) in [6.07, 6.45) is 4.42. The summed E-state index contributed by atoms with van der Waals surface area (Å²) >= 11 is 1.90. The number of hydrogen-bond donors (Lipinski definition) is 2. The second kappa shape index (κ2) is 5.98. The van der Waals surface area contributed by atoms with Gasteiger partial charge in [-0.1, -0.05) is 6.92 Å². The Hall–Kier alpha value is -0.380. The Morgan fingerprint density at radius 1 is 1.53 bits per heavy atom. The van der Waals surface area contributed by atoms with E-state index in [0.717, 1.165) is 19.4 Å². The van der Waals surface area contributed by atoms with Crippen molar-refractivity contribution in [2.75, 3.05) is 13.2 Å².